The van der Waals surface area contributed by atoms with Crippen LogP contribution in [0.5, 0.6) is 0 Å². The summed E-state index contributed by atoms with van der Waals surface area (Å²) in [5.74, 6) is 1.31. The van der Waals surface area contributed by atoms with Crippen molar-refractivity contribution in [1.82, 2.24) is 20.4 Å². The molecule has 1 unspecified atom stereocenters. The summed E-state index contributed by atoms with van der Waals surface area (Å²) in [7, 11) is 0. The van der Waals surface area contributed by atoms with Gasteiger partial charge in [0.05, 0.1) is 6.54 Å². The molecule has 2 aromatic rings. The summed E-state index contributed by atoms with van der Waals surface area (Å²) in [6.45, 7) is 5.73. The maximum Gasteiger partial charge on any atom is 0.242 e. The SMILES string of the molecule is CC(C)c1nc(CN2CCNC(=O)C2c2ccccc2Cl)no1. The third-order valence-corrected chi connectivity index (χ3v) is 4.18. The molecule has 1 aliphatic rings. The molecule has 122 valence electrons. The maximum absolute atomic E-state index is 12.4. The quantitative estimate of drug-likeness (QED) is 0.930. The third-order valence-electron chi connectivity index (χ3n) is 3.83. The van der Waals surface area contributed by atoms with Gasteiger partial charge in [-0.3, -0.25) is 9.69 Å². The minimum atomic E-state index is -0.446. The van der Waals surface area contributed by atoms with E-state index in [0.717, 1.165) is 5.56 Å². The van der Waals surface area contributed by atoms with Gasteiger partial charge in [0.15, 0.2) is 5.82 Å². The van der Waals surface area contributed by atoms with E-state index in [0.29, 0.717) is 36.4 Å². The molecular weight excluding hydrogens is 316 g/mol. The molecule has 23 heavy (non-hydrogen) atoms. The van der Waals surface area contributed by atoms with Crippen LogP contribution in [0.15, 0.2) is 28.8 Å². The molecule has 0 saturated carbocycles. The van der Waals surface area contributed by atoms with Crippen molar-refractivity contribution in [1.29, 1.82) is 0 Å². The summed E-state index contributed by atoms with van der Waals surface area (Å²) in [5.41, 5.74) is 0.791. The summed E-state index contributed by atoms with van der Waals surface area (Å²) in [5, 5.41) is 7.49. The lowest BCUT2D eigenvalue weighted by molar-refractivity contribution is -0.129. The summed E-state index contributed by atoms with van der Waals surface area (Å²) >= 11 is 6.28. The average Bonchev–Trinajstić information content (AvgIpc) is 2.98. The number of hydrogen-bond acceptors (Lipinski definition) is 5. The fraction of sp³-hybridized carbons (Fsp3) is 0.438. The highest BCUT2D eigenvalue weighted by molar-refractivity contribution is 6.31. The van der Waals surface area contributed by atoms with Crippen molar-refractivity contribution in [3.05, 3.63) is 46.6 Å². The van der Waals surface area contributed by atoms with Gasteiger partial charge in [0.1, 0.15) is 6.04 Å². The van der Waals surface area contributed by atoms with Gasteiger partial charge in [-0.25, -0.2) is 0 Å². The van der Waals surface area contributed by atoms with Crippen molar-refractivity contribution in [2.24, 2.45) is 0 Å². The van der Waals surface area contributed by atoms with Gasteiger partial charge < -0.3 is 9.84 Å². The zero-order chi connectivity index (χ0) is 16.4. The monoisotopic (exact) mass is 334 g/mol. The molecule has 1 aromatic carbocycles. The predicted molar refractivity (Wildman–Crippen MR) is 86.0 cm³/mol. The van der Waals surface area contributed by atoms with E-state index in [2.05, 4.69) is 15.5 Å². The lowest BCUT2D eigenvalue weighted by Crippen LogP contribution is -2.49. The molecule has 1 fully saturated rings. The molecule has 2 heterocycles. The molecular formula is C16H19ClN4O2. The van der Waals surface area contributed by atoms with E-state index >= 15 is 0 Å². The number of carbonyl (C=O) groups is 1. The molecule has 1 N–H and O–H groups in total. The van der Waals surface area contributed by atoms with E-state index in [9.17, 15) is 4.79 Å². The van der Waals surface area contributed by atoms with Crippen LogP contribution < -0.4 is 5.32 Å². The molecule has 6 nitrogen and oxygen atoms in total. The second-order valence-electron chi connectivity index (χ2n) is 5.89. The highest BCUT2D eigenvalue weighted by atomic mass is 35.5. The molecule has 0 bridgehead atoms. The lowest BCUT2D eigenvalue weighted by atomic mass is 10.0. The molecule has 0 spiro atoms. The Kier molecular flexibility index (Phi) is 4.63. The molecule has 0 radical (unpaired) electrons. The topological polar surface area (TPSA) is 71.3 Å². The Labute approximate surface area is 139 Å². The lowest BCUT2D eigenvalue weighted by Gasteiger charge is -2.34. The van der Waals surface area contributed by atoms with Gasteiger partial charge in [-0.05, 0) is 11.6 Å². The third kappa shape index (κ3) is 3.38. The number of halogens is 1. The van der Waals surface area contributed by atoms with Crippen LogP contribution in [0.1, 0.15) is 43.1 Å². The van der Waals surface area contributed by atoms with Crippen molar-refractivity contribution in [3.63, 3.8) is 0 Å². The van der Waals surface area contributed by atoms with Crippen LogP contribution in [0.2, 0.25) is 5.02 Å². The van der Waals surface area contributed by atoms with Crippen molar-refractivity contribution in [2.45, 2.75) is 32.4 Å². The summed E-state index contributed by atoms with van der Waals surface area (Å²) in [4.78, 5) is 18.8. The molecule has 0 aliphatic carbocycles. The molecule has 3 rings (SSSR count). The first-order chi connectivity index (χ1) is 11.1. The molecule has 1 atom stereocenters. The Morgan fingerprint density at radius 3 is 2.91 bits per heavy atom. The van der Waals surface area contributed by atoms with Crippen molar-refractivity contribution < 1.29 is 9.32 Å². The van der Waals surface area contributed by atoms with E-state index in [1.54, 1.807) is 6.07 Å². The number of carbonyl (C=O) groups excluding carboxylic acids is 1. The smallest absolute Gasteiger partial charge is 0.242 e. The van der Waals surface area contributed by atoms with Gasteiger partial charge in [-0.15, -0.1) is 0 Å². The highest BCUT2D eigenvalue weighted by Crippen LogP contribution is 2.30. The van der Waals surface area contributed by atoms with Gasteiger partial charge in [0.25, 0.3) is 0 Å². The number of hydrogen-bond donors (Lipinski definition) is 1. The second-order valence-corrected chi connectivity index (χ2v) is 6.30. The van der Waals surface area contributed by atoms with Crippen LogP contribution >= 0.6 is 11.6 Å². The molecule has 1 aliphatic heterocycles. The fourth-order valence-corrected chi connectivity index (χ4v) is 2.91. The number of nitrogens with one attached hydrogen (secondary N) is 1. The van der Waals surface area contributed by atoms with Gasteiger partial charge in [0.2, 0.25) is 11.8 Å². The van der Waals surface area contributed by atoms with E-state index in [-0.39, 0.29) is 11.8 Å². The zero-order valence-corrected chi connectivity index (χ0v) is 13.9. The van der Waals surface area contributed by atoms with Crippen LogP contribution in [0, 0.1) is 0 Å². The second kappa shape index (κ2) is 6.68. The van der Waals surface area contributed by atoms with Gasteiger partial charge in [-0.2, -0.15) is 4.98 Å². The van der Waals surface area contributed by atoms with Gasteiger partial charge in [0, 0.05) is 24.0 Å². The van der Waals surface area contributed by atoms with Crippen LogP contribution in [-0.4, -0.2) is 34.0 Å². The van der Waals surface area contributed by atoms with E-state index < -0.39 is 6.04 Å². The number of benzene rings is 1. The van der Waals surface area contributed by atoms with Crippen molar-refractivity contribution in [2.75, 3.05) is 13.1 Å². The standard InChI is InChI=1S/C16H19ClN4O2/c1-10(2)16-19-13(20-23-16)9-21-8-7-18-15(22)14(21)11-5-3-4-6-12(11)17/h3-6,10,14H,7-9H2,1-2H3,(H,18,22). The minimum absolute atomic E-state index is 0.0584. The highest BCUT2D eigenvalue weighted by Gasteiger charge is 2.33. The maximum atomic E-state index is 12.4. The Hall–Kier alpha value is -1.92. The van der Waals surface area contributed by atoms with E-state index in [1.807, 2.05) is 36.9 Å². The first-order valence-electron chi connectivity index (χ1n) is 7.65. The van der Waals surface area contributed by atoms with Gasteiger partial charge in [-0.1, -0.05) is 48.8 Å². The fourth-order valence-electron chi connectivity index (χ4n) is 2.67. The number of rotatable bonds is 4. The zero-order valence-electron chi connectivity index (χ0n) is 13.1. The Bertz CT molecular complexity index is 701. The van der Waals surface area contributed by atoms with Crippen LogP contribution in [-0.2, 0) is 11.3 Å². The minimum Gasteiger partial charge on any atom is -0.353 e. The first-order valence-corrected chi connectivity index (χ1v) is 8.02. The summed E-state index contributed by atoms with van der Waals surface area (Å²) in [6.07, 6.45) is 0. The number of nitrogens with zero attached hydrogens (tertiary/aromatic N) is 3. The first kappa shape index (κ1) is 16.0. The Balaban J connectivity index is 1.86. The summed E-state index contributed by atoms with van der Waals surface area (Å²) in [6, 6.07) is 6.96. The molecule has 7 heteroatoms. The largest absolute Gasteiger partial charge is 0.353 e. The molecule has 1 saturated heterocycles. The predicted octanol–water partition coefficient (Wildman–Crippen LogP) is 2.52. The van der Waals surface area contributed by atoms with Crippen molar-refractivity contribution >= 4 is 17.5 Å². The van der Waals surface area contributed by atoms with Crippen LogP contribution in [0.3, 0.4) is 0 Å². The normalized spacial score (nSPS) is 19.1. The Morgan fingerprint density at radius 1 is 1.43 bits per heavy atom. The summed E-state index contributed by atoms with van der Waals surface area (Å²) < 4.78 is 5.24. The molecule has 1 amide bonds. The molecule has 1 aromatic heterocycles. The van der Waals surface area contributed by atoms with E-state index in [1.165, 1.54) is 0 Å². The number of amides is 1. The van der Waals surface area contributed by atoms with Crippen LogP contribution in [0.4, 0.5) is 0 Å². The number of piperazine rings is 1. The van der Waals surface area contributed by atoms with Crippen molar-refractivity contribution in [3.8, 4) is 0 Å². The van der Waals surface area contributed by atoms with E-state index in [4.69, 9.17) is 16.1 Å². The number of aromatic nitrogens is 2. The van der Waals surface area contributed by atoms with Gasteiger partial charge >= 0.3 is 0 Å². The van der Waals surface area contributed by atoms with Crippen LogP contribution in [0.25, 0.3) is 0 Å². The Morgan fingerprint density at radius 2 is 2.22 bits per heavy atom. The average molecular weight is 335 g/mol.